The molecule has 1 amide bonds. The van der Waals surface area contributed by atoms with Gasteiger partial charge in [0.25, 0.3) is 5.91 Å². The molecule has 3 nitrogen and oxygen atoms in total. The fourth-order valence-corrected chi connectivity index (χ4v) is 1.99. The fourth-order valence-electron chi connectivity index (χ4n) is 1.99. The van der Waals surface area contributed by atoms with E-state index in [-0.39, 0.29) is 5.91 Å². The Morgan fingerprint density at radius 1 is 1.06 bits per heavy atom. The second-order valence-electron chi connectivity index (χ2n) is 4.12. The van der Waals surface area contributed by atoms with Crippen molar-refractivity contribution in [2.75, 3.05) is 26.2 Å². The Labute approximate surface area is 96.5 Å². The van der Waals surface area contributed by atoms with Gasteiger partial charge < -0.3 is 10.2 Å². The van der Waals surface area contributed by atoms with Gasteiger partial charge in [-0.25, -0.2) is 0 Å². The molecule has 0 spiro atoms. The summed E-state index contributed by atoms with van der Waals surface area (Å²) in [6.07, 6.45) is 2.08. The highest BCUT2D eigenvalue weighted by Gasteiger charge is 2.15. The van der Waals surface area contributed by atoms with Gasteiger partial charge in [-0.15, -0.1) is 0 Å². The van der Waals surface area contributed by atoms with E-state index in [0.717, 1.165) is 44.6 Å². The fraction of sp³-hybridized carbons (Fsp3) is 0.462. The van der Waals surface area contributed by atoms with E-state index in [1.807, 2.05) is 35.2 Å². The first kappa shape index (κ1) is 11.1. The lowest BCUT2D eigenvalue weighted by molar-refractivity contribution is 0.0745. The number of amides is 1. The summed E-state index contributed by atoms with van der Waals surface area (Å²) in [5, 5.41) is 3.35. The lowest BCUT2D eigenvalue weighted by atomic mass is 10.2. The molecule has 1 N–H and O–H groups in total. The number of nitrogens with one attached hydrogen (secondary N) is 1. The molecular weight excluding hydrogens is 200 g/mol. The summed E-state index contributed by atoms with van der Waals surface area (Å²) in [4.78, 5) is 14.1. The van der Waals surface area contributed by atoms with Crippen molar-refractivity contribution in [3.63, 3.8) is 0 Å². The molecule has 0 bridgehead atoms. The lowest BCUT2D eigenvalue weighted by Gasteiger charge is -2.25. The van der Waals surface area contributed by atoms with Crippen molar-refractivity contribution in [3.8, 4) is 0 Å². The maximum Gasteiger partial charge on any atom is 0.253 e. The first-order valence-electron chi connectivity index (χ1n) is 5.93. The van der Waals surface area contributed by atoms with Crippen LogP contribution < -0.4 is 5.32 Å². The van der Waals surface area contributed by atoms with Gasteiger partial charge in [0.15, 0.2) is 0 Å². The molecule has 1 aliphatic heterocycles. The molecule has 0 aliphatic carbocycles. The second-order valence-corrected chi connectivity index (χ2v) is 4.12. The van der Waals surface area contributed by atoms with E-state index in [2.05, 4.69) is 5.32 Å². The summed E-state index contributed by atoms with van der Waals surface area (Å²) >= 11 is 0. The number of hydrogen-bond acceptors (Lipinski definition) is 2. The first-order chi connectivity index (χ1) is 7.88. The van der Waals surface area contributed by atoms with E-state index >= 15 is 0 Å². The van der Waals surface area contributed by atoms with Gasteiger partial charge in [0, 0.05) is 18.7 Å². The molecule has 2 rings (SSSR count). The van der Waals surface area contributed by atoms with Crippen molar-refractivity contribution in [2.45, 2.75) is 12.8 Å². The molecule has 0 radical (unpaired) electrons. The molecule has 16 heavy (non-hydrogen) atoms. The van der Waals surface area contributed by atoms with Gasteiger partial charge in [0.05, 0.1) is 0 Å². The van der Waals surface area contributed by atoms with Crippen LogP contribution in [0.1, 0.15) is 23.2 Å². The Bertz CT molecular complexity index is 329. The molecule has 0 unspecified atom stereocenters. The van der Waals surface area contributed by atoms with Crippen LogP contribution in [-0.2, 0) is 0 Å². The molecule has 1 fully saturated rings. The van der Waals surface area contributed by atoms with Crippen molar-refractivity contribution in [2.24, 2.45) is 0 Å². The molecular formula is C13H18N2O. The third-order valence-corrected chi connectivity index (χ3v) is 2.87. The molecule has 1 heterocycles. The molecule has 0 aromatic heterocycles. The van der Waals surface area contributed by atoms with E-state index in [1.54, 1.807) is 0 Å². The highest BCUT2D eigenvalue weighted by molar-refractivity contribution is 5.94. The van der Waals surface area contributed by atoms with Crippen molar-refractivity contribution in [3.05, 3.63) is 35.9 Å². The van der Waals surface area contributed by atoms with Crippen LogP contribution >= 0.6 is 0 Å². The Morgan fingerprint density at radius 3 is 2.31 bits per heavy atom. The monoisotopic (exact) mass is 218 g/mol. The molecule has 1 aromatic rings. The third kappa shape index (κ3) is 2.83. The number of benzene rings is 1. The predicted octanol–water partition coefficient (Wildman–Crippen LogP) is 1.51. The van der Waals surface area contributed by atoms with E-state index in [9.17, 15) is 4.79 Å². The Kier molecular flexibility index (Phi) is 3.94. The van der Waals surface area contributed by atoms with Crippen LogP contribution in [0, 0.1) is 0 Å². The molecule has 86 valence electrons. The molecule has 0 atom stereocenters. The SMILES string of the molecule is O=C(c1ccccc1)N1CCCNCCC1. The minimum Gasteiger partial charge on any atom is -0.339 e. The van der Waals surface area contributed by atoms with Crippen LogP contribution in [0.3, 0.4) is 0 Å². The summed E-state index contributed by atoms with van der Waals surface area (Å²) in [5.41, 5.74) is 0.802. The maximum absolute atomic E-state index is 12.2. The average molecular weight is 218 g/mol. The summed E-state index contributed by atoms with van der Waals surface area (Å²) in [5.74, 6) is 0.169. The zero-order valence-corrected chi connectivity index (χ0v) is 9.48. The quantitative estimate of drug-likeness (QED) is 0.775. The van der Waals surface area contributed by atoms with Crippen molar-refractivity contribution in [1.29, 1.82) is 0 Å². The van der Waals surface area contributed by atoms with Crippen LogP contribution in [0.15, 0.2) is 30.3 Å². The van der Waals surface area contributed by atoms with Gasteiger partial charge >= 0.3 is 0 Å². The second kappa shape index (κ2) is 5.66. The van der Waals surface area contributed by atoms with Crippen LogP contribution in [0.5, 0.6) is 0 Å². The predicted molar refractivity (Wildman–Crippen MR) is 64.4 cm³/mol. The molecule has 1 aliphatic rings. The minimum absolute atomic E-state index is 0.169. The van der Waals surface area contributed by atoms with Gasteiger partial charge in [-0.2, -0.15) is 0 Å². The largest absolute Gasteiger partial charge is 0.339 e. The van der Waals surface area contributed by atoms with Crippen molar-refractivity contribution >= 4 is 5.91 Å². The van der Waals surface area contributed by atoms with E-state index < -0.39 is 0 Å². The van der Waals surface area contributed by atoms with Crippen molar-refractivity contribution < 1.29 is 4.79 Å². The number of carbonyl (C=O) groups excluding carboxylic acids is 1. The molecule has 3 heteroatoms. The highest BCUT2D eigenvalue weighted by atomic mass is 16.2. The maximum atomic E-state index is 12.2. The topological polar surface area (TPSA) is 32.3 Å². The molecule has 1 saturated heterocycles. The first-order valence-corrected chi connectivity index (χ1v) is 5.93. The summed E-state index contributed by atoms with van der Waals surface area (Å²) in [6, 6.07) is 9.55. The Hall–Kier alpha value is -1.35. The summed E-state index contributed by atoms with van der Waals surface area (Å²) < 4.78 is 0. The van der Waals surface area contributed by atoms with Crippen LogP contribution in [0.2, 0.25) is 0 Å². The zero-order valence-electron chi connectivity index (χ0n) is 9.48. The standard InChI is InChI=1S/C13H18N2O/c16-13(12-6-2-1-3-7-12)15-10-4-8-14-9-5-11-15/h1-3,6-7,14H,4-5,8-11H2. The van der Waals surface area contributed by atoms with Gasteiger partial charge in [-0.3, -0.25) is 4.79 Å². The number of rotatable bonds is 1. The highest BCUT2D eigenvalue weighted by Crippen LogP contribution is 2.07. The van der Waals surface area contributed by atoms with Gasteiger partial charge in [-0.05, 0) is 38.1 Å². The number of carbonyl (C=O) groups is 1. The third-order valence-electron chi connectivity index (χ3n) is 2.87. The van der Waals surface area contributed by atoms with Crippen molar-refractivity contribution in [1.82, 2.24) is 10.2 Å². The van der Waals surface area contributed by atoms with Crippen LogP contribution in [-0.4, -0.2) is 37.0 Å². The smallest absolute Gasteiger partial charge is 0.253 e. The molecule has 1 aromatic carbocycles. The average Bonchev–Trinajstić information content (AvgIpc) is 2.29. The summed E-state index contributed by atoms with van der Waals surface area (Å²) in [7, 11) is 0. The van der Waals surface area contributed by atoms with E-state index in [0.29, 0.717) is 0 Å². The Balaban J connectivity index is 2.02. The summed E-state index contributed by atoms with van der Waals surface area (Å²) in [6.45, 7) is 3.75. The minimum atomic E-state index is 0.169. The van der Waals surface area contributed by atoms with Crippen LogP contribution in [0.25, 0.3) is 0 Å². The number of hydrogen-bond donors (Lipinski definition) is 1. The van der Waals surface area contributed by atoms with E-state index in [4.69, 9.17) is 0 Å². The van der Waals surface area contributed by atoms with Gasteiger partial charge in [-0.1, -0.05) is 18.2 Å². The zero-order chi connectivity index (χ0) is 11.2. The van der Waals surface area contributed by atoms with E-state index in [1.165, 1.54) is 0 Å². The van der Waals surface area contributed by atoms with Crippen LogP contribution in [0.4, 0.5) is 0 Å². The number of nitrogens with zero attached hydrogens (tertiary/aromatic N) is 1. The van der Waals surface area contributed by atoms with Gasteiger partial charge in [0.1, 0.15) is 0 Å². The van der Waals surface area contributed by atoms with Gasteiger partial charge in [0.2, 0.25) is 0 Å². The Morgan fingerprint density at radius 2 is 1.69 bits per heavy atom. The lowest BCUT2D eigenvalue weighted by Crippen LogP contribution is -2.38. The normalized spacial score (nSPS) is 17.6. The molecule has 0 saturated carbocycles.